The summed E-state index contributed by atoms with van der Waals surface area (Å²) in [5.41, 5.74) is 14.4. The van der Waals surface area contributed by atoms with E-state index in [9.17, 15) is 0 Å². The van der Waals surface area contributed by atoms with Crippen LogP contribution in [0.15, 0.2) is 261 Å². The average Bonchev–Trinajstić information content (AvgIpc) is 3.74. The highest BCUT2D eigenvalue weighted by Crippen LogP contribution is 2.45. The molecule has 0 fully saturated rings. The van der Waals surface area contributed by atoms with Gasteiger partial charge in [0.1, 0.15) is 0 Å². The number of hydrogen-bond donors (Lipinski definition) is 0. The minimum Gasteiger partial charge on any atom is -0.310 e. The summed E-state index contributed by atoms with van der Waals surface area (Å²) in [6.45, 7) is 0. The SMILES string of the molecule is c1ccc(-c2ccc(N(c3ccccc3)c3cccc(N(c4ccccc4)c4cccc(N(c5ccc(-c6ccccc6)cc5)c5ccc6c(c5)sc5ccccc56)c4)c3)cc2)cc1. The topological polar surface area (TPSA) is 9.72 Å². The van der Waals surface area contributed by atoms with E-state index in [4.69, 9.17) is 0 Å². The Labute approximate surface area is 378 Å². The van der Waals surface area contributed by atoms with Crippen molar-refractivity contribution < 1.29 is 0 Å². The predicted molar refractivity (Wildman–Crippen MR) is 274 cm³/mol. The predicted octanol–water partition coefficient (Wildman–Crippen LogP) is 17.8. The molecule has 10 aromatic carbocycles. The summed E-state index contributed by atoms with van der Waals surface area (Å²) in [7, 11) is 0. The Morgan fingerprint density at radius 3 is 0.984 bits per heavy atom. The highest BCUT2D eigenvalue weighted by atomic mass is 32.1. The average molecular weight is 838 g/mol. The number of nitrogens with zero attached hydrogens (tertiary/aromatic N) is 3. The van der Waals surface area contributed by atoms with Crippen molar-refractivity contribution in [2.45, 2.75) is 0 Å². The fourth-order valence-corrected chi connectivity index (χ4v) is 9.90. The molecule has 0 N–H and O–H groups in total. The summed E-state index contributed by atoms with van der Waals surface area (Å²) in [5, 5.41) is 2.58. The van der Waals surface area contributed by atoms with Crippen molar-refractivity contribution in [3.8, 4) is 22.3 Å². The van der Waals surface area contributed by atoms with Gasteiger partial charge in [0, 0.05) is 71.4 Å². The third kappa shape index (κ3) is 7.68. The fraction of sp³-hybridized carbons (Fsp3) is 0. The van der Waals surface area contributed by atoms with Gasteiger partial charge in [0.15, 0.2) is 0 Å². The van der Waals surface area contributed by atoms with Crippen LogP contribution < -0.4 is 14.7 Å². The normalized spacial score (nSPS) is 11.1. The van der Waals surface area contributed by atoms with Crippen molar-refractivity contribution in [1.82, 2.24) is 0 Å². The van der Waals surface area contributed by atoms with Gasteiger partial charge in [-0.05, 0) is 125 Å². The van der Waals surface area contributed by atoms with Crippen molar-refractivity contribution in [3.63, 3.8) is 0 Å². The second kappa shape index (κ2) is 17.3. The highest BCUT2D eigenvalue weighted by Gasteiger charge is 2.20. The van der Waals surface area contributed by atoms with Crippen molar-refractivity contribution in [3.05, 3.63) is 261 Å². The summed E-state index contributed by atoms with van der Waals surface area (Å²) < 4.78 is 2.56. The first-order valence-corrected chi connectivity index (χ1v) is 22.5. The van der Waals surface area contributed by atoms with E-state index in [2.05, 4.69) is 276 Å². The minimum atomic E-state index is 1.05. The van der Waals surface area contributed by atoms with E-state index in [0.29, 0.717) is 0 Å². The quantitative estimate of drug-likeness (QED) is 0.128. The third-order valence-electron chi connectivity index (χ3n) is 11.8. The molecular formula is C60H43N3S. The highest BCUT2D eigenvalue weighted by molar-refractivity contribution is 7.25. The molecule has 0 amide bonds. The Balaban J connectivity index is 1.03. The Morgan fingerprint density at radius 2 is 0.516 bits per heavy atom. The van der Waals surface area contributed by atoms with Crippen molar-refractivity contribution in [1.29, 1.82) is 0 Å². The van der Waals surface area contributed by atoms with E-state index in [0.717, 1.165) is 51.2 Å². The zero-order chi connectivity index (χ0) is 42.7. The van der Waals surface area contributed by atoms with Gasteiger partial charge < -0.3 is 14.7 Å². The Kier molecular flexibility index (Phi) is 10.5. The van der Waals surface area contributed by atoms with Gasteiger partial charge in [0.25, 0.3) is 0 Å². The van der Waals surface area contributed by atoms with E-state index < -0.39 is 0 Å². The number of hydrogen-bond acceptors (Lipinski definition) is 4. The van der Waals surface area contributed by atoms with Crippen molar-refractivity contribution in [2.24, 2.45) is 0 Å². The maximum absolute atomic E-state index is 2.39. The van der Waals surface area contributed by atoms with Gasteiger partial charge in [-0.15, -0.1) is 11.3 Å². The smallest absolute Gasteiger partial charge is 0.0482 e. The second-order valence-corrected chi connectivity index (χ2v) is 16.9. The van der Waals surface area contributed by atoms with Crippen LogP contribution in [0.25, 0.3) is 42.4 Å². The Morgan fingerprint density at radius 1 is 0.203 bits per heavy atom. The van der Waals surface area contributed by atoms with E-state index in [1.807, 2.05) is 11.3 Å². The molecule has 11 aromatic rings. The summed E-state index contributed by atoms with van der Waals surface area (Å²) >= 11 is 1.85. The van der Waals surface area contributed by atoms with Crippen LogP contribution in [0.5, 0.6) is 0 Å². The molecule has 0 aliphatic heterocycles. The zero-order valence-electron chi connectivity index (χ0n) is 35.1. The van der Waals surface area contributed by atoms with E-state index >= 15 is 0 Å². The second-order valence-electron chi connectivity index (χ2n) is 15.8. The lowest BCUT2D eigenvalue weighted by Gasteiger charge is -2.31. The van der Waals surface area contributed by atoms with Gasteiger partial charge in [0.05, 0.1) is 0 Å². The zero-order valence-corrected chi connectivity index (χ0v) is 35.9. The van der Waals surface area contributed by atoms with E-state index in [-0.39, 0.29) is 0 Å². The van der Waals surface area contributed by atoms with Crippen LogP contribution in [0.3, 0.4) is 0 Å². The third-order valence-corrected chi connectivity index (χ3v) is 12.9. The molecule has 0 aliphatic carbocycles. The van der Waals surface area contributed by atoms with Crippen molar-refractivity contribution >= 4 is 82.7 Å². The molecule has 0 saturated heterocycles. The standard InChI is InChI=1S/C60H43N3S/c1-5-17-44(18-6-1)46-31-35-50(36-32-46)61(48-21-9-3-10-22-48)52-25-15-26-53(41-52)62(49-23-11-4-12-24-49)54-27-16-28-55(42-54)63(51-37-33-47(34-38-51)45-19-7-2-8-20-45)56-39-40-58-57-29-13-14-30-59(57)64-60(58)43-56/h1-43H. The van der Waals surface area contributed by atoms with Crippen LogP contribution in [0.1, 0.15) is 0 Å². The summed E-state index contributed by atoms with van der Waals surface area (Å²) in [6, 6.07) is 93.7. The summed E-state index contributed by atoms with van der Waals surface area (Å²) in [5.74, 6) is 0. The molecule has 4 heteroatoms. The molecule has 0 aliphatic rings. The number of para-hydroxylation sites is 2. The lowest BCUT2D eigenvalue weighted by atomic mass is 10.0. The molecule has 0 radical (unpaired) electrons. The number of anilines is 9. The fourth-order valence-electron chi connectivity index (χ4n) is 8.76. The number of thiophene rings is 1. The maximum atomic E-state index is 2.39. The molecule has 64 heavy (non-hydrogen) atoms. The molecule has 1 heterocycles. The maximum Gasteiger partial charge on any atom is 0.0482 e. The number of rotatable bonds is 11. The van der Waals surface area contributed by atoms with Gasteiger partial charge >= 0.3 is 0 Å². The lowest BCUT2D eigenvalue weighted by Crippen LogP contribution is -2.14. The monoisotopic (exact) mass is 837 g/mol. The van der Waals surface area contributed by atoms with Gasteiger partial charge in [-0.2, -0.15) is 0 Å². The van der Waals surface area contributed by atoms with Gasteiger partial charge in [0.2, 0.25) is 0 Å². The molecule has 3 nitrogen and oxygen atoms in total. The van der Waals surface area contributed by atoms with Gasteiger partial charge in [-0.3, -0.25) is 0 Å². The molecule has 0 unspecified atom stereocenters. The molecule has 0 spiro atoms. The first kappa shape index (κ1) is 38.7. The van der Waals surface area contributed by atoms with Gasteiger partial charge in [-0.1, -0.05) is 158 Å². The first-order chi connectivity index (χ1) is 31.7. The van der Waals surface area contributed by atoms with Crippen LogP contribution in [0.4, 0.5) is 51.2 Å². The molecule has 0 saturated carbocycles. The lowest BCUT2D eigenvalue weighted by molar-refractivity contribution is 1.24. The van der Waals surface area contributed by atoms with Crippen LogP contribution in [-0.2, 0) is 0 Å². The summed E-state index contributed by atoms with van der Waals surface area (Å²) in [4.78, 5) is 7.08. The minimum absolute atomic E-state index is 1.05. The number of benzene rings is 10. The summed E-state index contributed by atoms with van der Waals surface area (Å²) in [6.07, 6.45) is 0. The van der Waals surface area contributed by atoms with Gasteiger partial charge in [-0.25, -0.2) is 0 Å². The molecule has 0 atom stereocenters. The largest absolute Gasteiger partial charge is 0.310 e. The molecule has 11 rings (SSSR count). The molecule has 1 aromatic heterocycles. The Bertz CT molecular complexity index is 3310. The number of fused-ring (bicyclic) bond motifs is 3. The van der Waals surface area contributed by atoms with Crippen LogP contribution >= 0.6 is 11.3 Å². The molecular weight excluding hydrogens is 795 g/mol. The van der Waals surface area contributed by atoms with Crippen LogP contribution in [0, 0.1) is 0 Å². The molecule has 304 valence electrons. The molecule has 0 bridgehead atoms. The van der Waals surface area contributed by atoms with Crippen LogP contribution in [-0.4, -0.2) is 0 Å². The first-order valence-electron chi connectivity index (χ1n) is 21.7. The Hall–Kier alpha value is -8.18. The van der Waals surface area contributed by atoms with Crippen molar-refractivity contribution in [2.75, 3.05) is 14.7 Å². The van der Waals surface area contributed by atoms with Crippen LogP contribution in [0.2, 0.25) is 0 Å². The van der Waals surface area contributed by atoms with E-state index in [1.54, 1.807) is 0 Å². The van der Waals surface area contributed by atoms with E-state index in [1.165, 1.54) is 42.4 Å².